The fourth-order valence-corrected chi connectivity index (χ4v) is 2.48. The van der Waals surface area contributed by atoms with Crippen molar-refractivity contribution in [3.05, 3.63) is 29.8 Å². The molecule has 1 aliphatic rings. The van der Waals surface area contributed by atoms with Crippen molar-refractivity contribution in [2.75, 3.05) is 6.54 Å². The monoisotopic (exact) mass is 205 g/mol. The van der Waals surface area contributed by atoms with Crippen LogP contribution in [0, 0.1) is 0 Å². The van der Waals surface area contributed by atoms with Crippen molar-refractivity contribution in [3.8, 4) is 5.75 Å². The van der Waals surface area contributed by atoms with Crippen LogP contribution in [0.3, 0.4) is 0 Å². The van der Waals surface area contributed by atoms with Gasteiger partial charge in [0.05, 0.1) is 0 Å². The second-order valence-corrected chi connectivity index (χ2v) is 4.50. The Kier molecular flexibility index (Phi) is 2.96. The Morgan fingerprint density at radius 2 is 2.00 bits per heavy atom. The molecule has 1 aromatic carbocycles. The van der Waals surface area contributed by atoms with E-state index < -0.39 is 0 Å². The maximum atomic E-state index is 9.24. The lowest BCUT2D eigenvalue weighted by Gasteiger charge is -2.28. The van der Waals surface area contributed by atoms with Crippen LogP contribution in [0.15, 0.2) is 24.3 Å². The van der Waals surface area contributed by atoms with Crippen LogP contribution in [-0.4, -0.2) is 22.6 Å². The Morgan fingerprint density at radius 3 is 2.53 bits per heavy atom. The molecule has 0 amide bonds. The van der Waals surface area contributed by atoms with Crippen molar-refractivity contribution in [2.45, 2.75) is 38.8 Å². The van der Waals surface area contributed by atoms with Gasteiger partial charge >= 0.3 is 0 Å². The number of nitrogens with zero attached hydrogens (tertiary/aromatic N) is 1. The fraction of sp³-hybridized carbons (Fsp3) is 0.538. The van der Waals surface area contributed by atoms with Crippen LogP contribution >= 0.6 is 0 Å². The number of aromatic hydroxyl groups is 1. The van der Waals surface area contributed by atoms with Crippen LogP contribution in [0.5, 0.6) is 5.75 Å². The van der Waals surface area contributed by atoms with E-state index in [0.717, 1.165) is 0 Å². The van der Waals surface area contributed by atoms with Gasteiger partial charge in [-0.3, -0.25) is 4.90 Å². The number of phenolic OH excluding ortho intramolecular Hbond substituents is 1. The maximum Gasteiger partial charge on any atom is 0.115 e. The van der Waals surface area contributed by atoms with Gasteiger partial charge in [-0.2, -0.15) is 0 Å². The van der Waals surface area contributed by atoms with E-state index in [2.05, 4.69) is 18.7 Å². The number of likely N-dealkylation sites (tertiary alicyclic amines) is 1. The number of benzene rings is 1. The van der Waals surface area contributed by atoms with Crippen LogP contribution in [0.2, 0.25) is 0 Å². The van der Waals surface area contributed by atoms with E-state index >= 15 is 0 Å². The molecule has 1 aliphatic heterocycles. The van der Waals surface area contributed by atoms with Gasteiger partial charge in [0.25, 0.3) is 0 Å². The molecule has 0 saturated carbocycles. The van der Waals surface area contributed by atoms with Crippen LogP contribution in [0.1, 0.15) is 38.3 Å². The molecule has 2 rings (SSSR count). The Morgan fingerprint density at radius 1 is 1.33 bits per heavy atom. The summed E-state index contributed by atoms with van der Waals surface area (Å²) < 4.78 is 0. The lowest BCUT2D eigenvalue weighted by molar-refractivity contribution is 0.204. The zero-order valence-electron chi connectivity index (χ0n) is 9.48. The molecule has 0 radical (unpaired) electrons. The largest absolute Gasteiger partial charge is 0.508 e. The zero-order valence-corrected chi connectivity index (χ0v) is 9.48. The highest BCUT2D eigenvalue weighted by molar-refractivity contribution is 5.27. The first-order chi connectivity index (χ1) is 7.18. The summed E-state index contributed by atoms with van der Waals surface area (Å²) in [6, 6.07) is 8.73. The first-order valence-electron chi connectivity index (χ1n) is 5.73. The smallest absolute Gasteiger partial charge is 0.115 e. The predicted molar refractivity (Wildman–Crippen MR) is 61.9 cm³/mol. The minimum Gasteiger partial charge on any atom is -0.508 e. The Bertz CT molecular complexity index is 320. The van der Waals surface area contributed by atoms with Crippen molar-refractivity contribution in [1.82, 2.24) is 4.90 Å². The van der Waals surface area contributed by atoms with E-state index in [1.165, 1.54) is 24.9 Å². The number of hydrogen-bond donors (Lipinski definition) is 1. The molecular formula is C13H19NO. The third-order valence-corrected chi connectivity index (χ3v) is 3.48. The van der Waals surface area contributed by atoms with Gasteiger partial charge in [-0.15, -0.1) is 0 Å². The molecular weight excluding hydrogens is 186 g/mol. The fourth-order valence-electron chi connectivity index (χ4n) is 2.48. The predicted octanol–water partition coefficient (Wildman–Crippen LogP) is 2.94. The molecule has 0 spiro atoms. The van der Waals surface area contributed by atoms with Gasteiger partial charge in [-0.25, -0.2) is 0 Å². The summed E-state index contributed by atoms with van der Waals surface area (Å²) in [6.07, 6.45) is 2.62. The second kappa shape index (κ2) is 4.23. The van der Waals surface area contributed by atoms with E-state index in [0.29, 0.717) is 17.8 Å². The SMILES string of the molecule is CC1CCCN1C(C)c1ccc(O)cc1. The van der Waals surface area contributed by atoms with Gasteiger partial charge in [-0.05, 0) is 50.9 Å². The molecule has 2 unspecified atom stereocenters. The van der Waals surface area contributed by atoms with Gasteiger partial charge in [-0.1, -0.05) is 12.1 Å². The molecule has 2 heteroatoms. The first-order valence-corrected chi connectivity index (χ1v) is 5.73. The third-order valence-electron chi connectivity index (χ3n) is 3.48. The average Bonchev–Trinajstić information content (AvgIpc) is 2.65. The lowest BCUT2D eigenvalue weighted by Crippen LogP contribution is -2.29. The lowest BCUT2D eigenvalue weighted by atomic mass is 10.1. The molecule has 1 aromatic rings. The van der Waals surface area contributed by atoms with Crippen molar-refractivity contribution in [2.24, 2.45) is 0 Å². The van der Waals surface area contributed by atoms with Crippen molar-refractivity contribution >= 4 is 0 Å². The zero-order chi connectivity index (χ0) is 10.8. The molecule has 2 nitrogen and oxygen atoms in total. The van der Waals surface area contributed by atoms with Gasteiger partial charge in [0, 0.05) is 12.1 Å². The van der Waals surface area contributed by atoms with Gasteiger partial charge in [0.15, 0.2) is 0 Å². The van der Waals surface area contributed by atoms with Crippen LogP contribution in [-0.2, 0) is 0 Å². The van der Waals surface area contributed by atoms with E-state index in [9.17, 15) is 5.11 Å². The highest BCUT2D eigenvalue weighted by Crippen LogP contribution is 2.29. The summed E-state index contributed by atoms with van der Waals surface area (Å²) in [7, 11) is 0. The third kappa shape index (κ3) is 2.15. The van der Waals surface area contributed by atoms with Gasteiger partial charge in [0.2, 0.25) is 0 Å². The summed E-state index contributed by atoms with van der Waals surface area (Å²) in [4.78, 5) is 2.53. The standard InChI is InChI=1S/C13H19NO/c1-10-4-3-9-14(10)11(2)12-5-7-13(15)8-6-12/h5-8,10-11,15H,3-4,9H2,1-2H3. The van der Waals surface area contributed by atoms with E-state index in [1.807, 2.05) is 12.1 Å². The molecule has 2 atom stereocenters. The highest BCUT2D eigenvalue weighted by Gasteiger charge is 2.25. The molecule has 82 valence electrons. The molecule has 0 aliphatic carbocycles. The highest BCUT2D eigenvalue weighted by atomic mass is 16.3. The summed E-state index contributed by atoms with van der Waals surface area (Å²) in [6.45, 7) is 5.74. The van der Waals surface area contributed by atoms with Crippen LogP contribution < -0.4 is 0 Å². The number of phenols is 1. The molecule has 1 saturated heterocycles. The molecule has 1 N–H and O–H groups in total. The summed E-state index contributed by atoms with van der Waals surface area (Å²) in [5, 5.41) is 9.24. The summed E-state index contributed by atoms with van der Waals surface area (Å²) in [5.41, 5.74) is 1.29. The quantitative estimate of drug-likeness (QED) is 0.802. The van der Waals surface area contributed by atoms with Crippen LogP contribution in [0.25, 0.3) is 0 Å². The normalized spacial score (nSPS) is 24.3. The van der Waals surface area contributed by atoms with Crippen molar-refractivity contribution in [3.63, 3.8) is 0 Å². The minimum atomic E-state index is 0.348. The summed E-state index contributed by atoms with van der Waals surface area (Å²) >= 11 is 0. The minimum absolute atomic E-state index is 0.348. The van der Waals surface area contributed by atoms with E-state index in [1.54, 1.807) is 12.1 Å². The Hall–Kier alpha value is -1.02. The van der Waals surface area contributed by atoms with Crippen molar-refractivity contribution < 1.29 is 5.11 Å². The van der Waals surface area contributed by atoms with E-state index in [4.69, 9.17) is 0 Å². The molecule has 1 heterocycles. The van der Waals surface area contributed by atoms with Crippen molar-refractivity contribution in [1.29, 1.82) is 0 Å². The molecule has 0 aromatic heterocycles. The van der Waals surface area contributed by atoms with Gasteiger partial charge < -0.3 is 5.11 Å². The molecule has 0 bridgehead atoms. The average molecular weight is 205 g/mol. The molecule has 1 fully saturated rings. The maximum absolute atomic E-state index is 9.24. The number of rotatable bonds is 2. The van der Waals surface area contributed by atoms with Crippen LogP contribution in [0.4, 0.5) is 0 Å². The first kappa shape index (κ1) is 10.5. The summed E-state index contributed by atoms with van der Waals surface area (Å²) in [5.74, 6) is 0.348. The Balaban J connectivity index is 2.13. The topological polar surface area (TPSA) is 23.5 Å². The van der Waals surface area contributed by atoms with E-state index in [-0.39, 0.29) is 0 Å². The molecule has 15 heavy (non-hydrogen) atoms. The number of hydrogen-bond acceptors (Lipinski definition) is 2. The second-order valence-electron chi connectivity index (χ2n) is 4.50. The van der Waals surface area contributed by atoms with Gasteiger partial charge in [0.1, 0.15) is 5.75 Å². The Labute approximate surface area is 91.5 Å².